The van der Waals surface area contributed by atoms with Gasteiger partial charge in [-0.1, -0.05) is 0 Å². The van der Waals surface area contributed by atoms with Gasteiger partial charge in [-0.05, 0) is 0 Å². The van der Waals surface area contributed by atoms with Crippen LogP contribution in [-0.4, -0.2) is 52.1 Å². The third kappa shape index (κ3) is 492. The van der Waals surface area contributed by atoms with Crippen molar-refractivity contribution in [1.29, 1.82) is 0 Å². The standard InChI is InChI=1S/3Al.14FH.5Na/h;;;14*1H;;;;;/q3*+3;;;;;;;;;;;;;;;5*+1/p-14. The van der Waals surface area contributed by atoms with E-state index in [0.29, 0.717) is 0 Å². The fourth-order valence-corrected chi connectivity index (χ4v) is 0. The first-order valence-corrected chi connectivity index (χ1v) is 0. The normalized spacial score (nSPS) is 0. The minimum atomic E-state index is 0. The molecule has 0 bridgehead atoms. The molecule has 22 heteroatoms. The molecule has 0 aromatic heterocycles. The molecule has 112 valence electrons. The number of halogens is 14. The maximum atomic E-state index is 0. The summed E-state index contributed by atoms with van der Waals surface area (Å²) in [6.45, 7) is 0. The van der Waals surface area contributed by atoms with Gasteiger partial charge in [-0.2, -0.15) is 0 Å². The summed E-state index contributed by atoms with van der Waals surface area (Å²) < 4.78 is 0. The van der Waals surface area contributed by atoms with Gasteiger partial charge in [-0.15, -0.1) is 0 Å². The topological polar surface area (TPSA) is 0 Å². The van der Waals surface area contributed by atoms with E-state index in [2.05, 4.69) is 0 Å². The number of hydrogen-bond acceptors (Lipinski definition) is 0. The molecular formula is Al3F14Na5. The van der Waals surface area contributed by atoms with Gasteiger partial charge in [-0.25, -0.2) is 0 Å². The van der Waals surface area contributed by atoms with Crippen LogP contribution >= 0.6 is 0 Å². The van der Waals surface area contributed by atoms with Gasteiger partial charge in [0.2, 0.25) is 0 Å². The Kier molecular flexibility index (Phi) is 15600. The largest absolute Gasteiger partial charge is 3.00 e. The average Bonchev–Trinajstić information content (AvgIpc) is 0. The second-order valence-electron chi connectivity index (χ2n) is 0. The summed E-state index contributed by atoms with van der Waals surface area (Å²) in [5, 5.41) is 0. The molecule has 22 heavy (non-hydrogen) atoms. The maximum absolute atomic E-state index is 0. The Bertz CT molecular complexity index is 28.4. The zero-order chi connectivity index (χ0) is 0. The van der Waals surface area contributed by atoms with Crippen molar-refractivity contribution in [3.8, 4) is 0 Å². The Hall–Kier alpha value is 5.62. The Morgan fingerprint density at radius 3 is 0.136 bits per heavy atom. The van der Waals surface area contributed by atoms with E-state index in [9.17, 15) is 0 Å². The van der Waals surface area contributed by atoms with Gasteiger partial charge in [0.25, 0.3) is 0 Å². The predicted molar refractivity (Wildman–Crippen MR) is 17.3 cm³/mol. The smallest absolute Gasteiger partial charge is 1.00 e. The molecule has 0 aromatic rings. The van der Waals surface area contributed by atoms with Crippen LogP contribution in [0.1, 0.15) is 0 Å². The van der Waals surface area contributed by atoms with E-state index in [0.717, 1.165) is 0 Å². The Morgan fingerprint density at radius 1 is 0.136 bits per heavy atom. The number of hydrogen-bond donors (Lipinski definition) is 0. The van der Waals surface area contributed by atoms with E-state index in [-0.39, 0.29) is 266 Å². The van der Waals surface area contributed by atoms with Crippen molar-refractivity contribution in [2.45, 2.75) is 0 Å². The molecule has 0 amide bonds. The first-order chi connectivity index (χ1) is 0. The summed E-state index contributed by atoms with van der Waals surface area (Å²) in [5.74, 6) is 0. The van der Waals surface area contributed by atoms with Crippen molar-refractivity contribution in [1.82, 2.24) is 0 Å². The predicted octanol–water partition coefficient (Wildman–Crippen LogP) is -58.1. The van der Waals surface area contributed by atoms with E-state index in [1.807, 2.05) is 0 Å². The average molecular weight is 462 g/mol. The van der Waals surface area contributed by atoms with Crippen LogP contribution < -0.4 is 214 Å². The van der Waals surface area contributed by atoms with Crippen molar-refractivity contribution in [2.24, 2.45) is 0 Å². The van der Waals surface area contributed by atoms with E-state index < -0.39 is 0 Å². The van der Waals surface area contributed by atoms with Crippen molar-refractivity contribution in [2.75, 3.05) is 0 Å². The maximum Gasteiger partial charge on any atom is 3.00 e. The molecule has 0 saturated carbocycles. The molecule has 0 unspecified atom stereocenters. The van der Waals surface area contributed by atoms with Gasteiger partial charge in [0.1, 0.15) is 0 Å². The Balaban J connectivity index is 0. The zero-order valence-corrected chi connectivity index (χ0v) is 25.5. The molecule has 0 radical (unpaired) electrons. The zero-order valence-electron chi connectivity index (χ0n) is 12.0. The van der Waals surface area contributed by atoms with Crippen LogP contribution in [-0.2, 0) is 0 Å². The summed E-state index contributed by atoms with van der Waals surface area (Å²) in [6.07, 6.45) is 0. The minimum absolute atomic E-state index is 0. The van der Waals surface area contributed by atoms with Gasteiger partial charge >= 0.3 is 200 Å². The van der Waals surface area contributed by atoms with Gasteiger partial charge < -0.3 is 65.9 Å². The summed E-state index contributed by atoms with van der Waals surface area (Å²) >= 11 is 0. The van der Waals surface area contributed by atoms with Crippen molar-refractivity contribution in [3.63, 3.8) is 0 Å². The van der Waals surface area contributed by atoms with Crippen molar-refractivity contribution < 1.29 is 214 Å². The van der Waals surface area contributed by atoms with Crippen molar-refractivity contribution >= 4 is 52.1 Å². The monoisotopic (exact) mass is 462 g/mol. The van der Waals surface area contributed by atoms with Gasteiger partial charge in [0.05, 0.1) is 0 Å². The second kappa shape index (κ2) is 554. The van der Waals surface area contributed by atoms with Crippen LogP contribution in [0.2, 0.25) is 0 Å². The van der Waals surface area contributed by atoms with E-state index in [4.69, 9.17) is 0 Å². The van der Waals surface area contributed by atoms with Crippen LogP contribution in [0.5, 0.6) is 0 Å². The fraction of sp³-hybridized carbons (Fsp3) is 0. The SMILES string of the molecule is [Al+3].[Al+3].[Al+3].[F-].[F-].[F-].[F-].[F-].[F-].[F-].[F-].[F-].[F-].[F-].[F-].[F-].[F-].[Na+].[Na+].[Na+].[Na+].[Na+]. The third-order valence-corrected chi connectivity index (χ3v) is 0. The molecule has 0 rings (SSSR count). The molecule has 0 aliphatic carbocycles. The summed E-state index contributed by atoms with van der Waals surface area (Å²) in [6, 6.07) is 0. The quantitative estimate of drug-likeness (QED) is 0.248. The van der Waals surface area contributed by atoms with E-state index in [1.165, 1.54) is 0 Å². The van der Waals surface area contributed by atoms with Crippen LogP contribution in [0, 0.1) is 0 Å². The fourth-order valence-electron chi connectivity index (χ4n) is 0. The van der Waals surface area contributed by atoms with Gasteiger partial charge in [0, 0.05) is 0 Å². The van der Waals surface area contributed by atoms with E-state index in [1.54, 1.807) is 0 Å². The van der Waals surface area contributed by atoms with E-state index >= 15 is 0 Å². The van der Waals surface area contributed by atoms with Crippen LogP contribution in [0.15, 0.2) is 0 Å². The first-order valence-electron chi connectivity index (χ1n) is 0. The molecule has 0 spiro atoms. The molecule has 0 fully saturated rings. The Labute approximate surface area is 260 Å². The molecule has 0 N–H and O–H groups in total. The second-order valence-corrected chi connectivity index (χ2v) is 0. The van der Waals surface area contributed by atoms with Crippen LogP contribution in [0.3, 0.4) is 0 Å². The molecule has 0 heterocycles. The summed E-state index contributed by atoms with van der Waals surface area (Å²) in [5.41, 5.74) is 0. The Morgan fingerprint density at radius 2 is 0.136 bits per heavy atom. The molecule has 0 aliphatic rings. The van der Waals surface area contributed by atoms with Crippen LogP contribution in [0.25, 0.3) is 0 Å². The molecule has 0 aliphatic heterocycles. The van der Waals surface area contributed by atoms with Crippen LogP contribution in [0.4, 0.5) is 0 Å². The molecule has 0 atom stereocenters. The molecule has 0 saturated heterocycles. The first kappa shape index (κ1) is 620. The molecular weight excluding hydrogens is 462 g/mol. The van der Waals surface area contributed by atoms with Gasteiger partial charge in [0.15, 0.2) is 0 Å². The van der Waals surface area contributed by atoms with Gasteiger partial charge in [-0.3, -0.25) is 0 Å². The minimum Gasteiger partial charge on any atom is -1.00 e. The third-order valence-electron chi connectivity index (χ3n) is 0. The molecule has 0 aromatic carbocycles. The number of rotatable bonds is 0. The molecule has 0 nitrogen and oxygen atoms in total. The van der Waals surface area contributed by atoms with Crippen molar-refractivity contribution in [3.05, 3.63) is 0 Å². The summed E-state index contributed by atoms with van der Waals surface area (Å²) in [7, 11) is 0. The summed E-state index contributed by atoms with van der Waals surface area (Å²) in [4.78, 5) is 0.